The third kappa shape index (κ3) is 4.30. The van der Waals surface area contributed by atoms with E-state index in [0.29, 0.717) is 27.7 Å². The van der Waals surface area contributed by atoms with Gasteiger partial charge in [-0.05, 0) is 30.7 Å². The number of carbonyl (C=O) groups is 2. The number of carbonyl (C=O) groups excluding carboxylic acids is 2. The summed E-state index contributed by atoms with van der Waals surface area (Å²) < 4.78 is 13.5. The summed E-state index contributed by atoms with van der Waals surface area (Å²) in [5.74, 6) is -1.75. The molecule has 4 nitrogen and oxygen atoms in total. The van der Waals surface area contributed by atoms with E-state index in [1.807, 2.05) is 0 Å². The average molecular weight is 381 g/mol. The second-order valence-electron chi connectivity index (χ2n) is 5.87. The van der Waals surface area contributed by atoms with Crippen LogP contribution >= 0.6 is 23.2 Å². The van der Waals surface area contributed by atoms with Crippen molar-refractivity contribution in [3.8, 4) is 0 Å². The Balaban J connectivity index is 1.53. The molecule has 130 valence electrons. The first-order valence-corrected chi connectivity index (χ1v) is 8.48. The standard InChI is InChI=1S/C18H15Cl2FN2O2/c19-11-5-6-14(20)16(7-11)23-18(25)13-8-12(13)17(24)22-9-10-3-1-2-4-15(10)21/h1-7,12-13H,8-9H2,(H,22,24)(H,23,25). The molecule has 0 bridgehead atoms. The maximum absolute atomic E-state index is 13.5. The van der Waals surface area contributed by atoms with Crippen LogP contribution in [-0.4, -0.2) is 11.8 Å². The summed E-state index contributed by atoms with van der Waals surface area (Å²) in [6.45, 7) is 0.0937. The van der Waals surface area contributed by atoms with Crippen molar-refractivity contribution in [2.75, 3.05) is 5.32 Å². The maximum Gasteiger partial charge on any atom is 0.228 e. The summed E-state index contributed by atoms with van der Waals surface area (Å²) >= 11 is 11.9. The van der Waals surface area contributed by atoms with Crippen molar-refractivity contribution in [2.45, 2.75) is 13.0 Å². The lowest BCUT2D eigenvalue weighted by Gasteiger charge is -2.08. The first-order chi connectivity index (χ1) is 12.0. The molecule has 1 fully saturated rings. The molecule has 0 aromatic heterocycles. The van der Waals surface area contributed by atoms with Crippen LogP contribution in [-0.2, 0) is 16.1 Å². The second-order valence-corrected chi connectivity index (χ2v) is 6.71. The van der Waals surface area contributed by atoms with E-state index in [4.69, 9.17) is 23.2 Å². The highest BCUT2D eigenvalue weighted by Crippen LogP contribution is 2.40. The predicted octanol–water partition coefficient (Wildman–Crippen LogP) is 4.02. The molecule has 25 heavy (non-hydrogen) atoms. The van der Waals surface area contributed by atoms with Crippen molar-refractivity contribution in [3.05, 3.63) is 63.9 Å². The van der Waals surface area contributed by atoms with Crippen LogP contribution < -0.4 is 10.6 Å². The minimum Gasteiger partial charge on any atom is -0.352 e. The van der Waals surface area contributed by atoms with E-state index in [0.717, 1.165) is 0 Å². The number of anilines is 1. The molecular weight excluding hydrogens is 366 g/mol. The summed E-state index contributed by atoms with van der Waals surface area (Å²) in [5, 5.41) is 6.18. The lowest BCUT2D eigenvalue weighted by molar-refractivity contribution is -0.125. The molecule has 0 radical (unpaired) electrons. The molecule has 2 unspecified atom stereocenters. The summed E-state index contributed by atoms with van der Waals surface area (Å²) in [6.07, 6.45) is 0.452. The Morgan fingerprint density at radius 2 is 1.80 bits per heavy atom. The van der Waals surface area contributed by atoms with Crippen molar-refractivity contribution in [1.82, 2.24) is 5.32 Å². The van der Waals surface area contributed by atoms with Gasteiger partial charge in [-0.1, -0.05) is 41.4 Å². The van der Waals surface area contributed by atoms with Gasteiger partial charge in [-0.2, -0.15) is 0 Å². The minimum absolute atomic E-state index is 0.0937. The van der Waals surface area contributed by atoms with Gasteiger partial charge in [0.2, 0.25) is 11.8 Å². The highest BCUT2D eigenvalue weighted by Gasteiger charge is 2.48. The fourth-order valence-corrected chi connectivity index (χ4v) is 2.89. The fraction of sp³-hybridized carbons (Fsp3) is 0.222. The van der Waals surface area contributed by atoms with Gasteiger partial charge in [0, 0.05) is 17.1 Å². The van der Waals surface area contributed by atoms with Crippen LogP contribution in [0.15, 0.2) is 42.5 Å². The van der Waals surface area contributed by atoms with Gasteiger partial charge in [-0.3, -0.25) is 9.59 Å². The SMILES string of the molecule is O=C(NCc1ccccc1F)C1CC1C(=O)Nc1cc(Cl)ccc1Cl. The topological polar surface area (TPSA) is 58.2 Å². The zero-order chi connectivity index (χ0) is 18.0. The van der Waals surface area contributed by atoms with Crippen LogP contribution in [0.1, 0.15) is 12.0 Å². The van der Waals surface area contributed by atoms with E-state index in [2.05, 4.69) is 10.6 Å². The Hall–Kier alpha value is -2.11. The van der Waals surface area contributed by atoms with Gasteiger partial charge in [-0.25, -0.2) is 4.39 Å². The Bertz CT molecular complexity index is 828. The molecule has 1 saturated carbocycles. The monoisotopic (exact) mass is 380 g/mol. The van der Waals surface area contributed by atoms with Gasteiger partial charge in [0.15, 0.2) is 0 Å². The summed E-state index contributed by atoms with van der Waals surface area (Å²) in [7, 11) is 0. The molecule has 0 aliphatic heterocycles. The number of hydrogen-bond acceptors (Lipinski definition) is 2. The van der Waals surface area contributed by atoms with E-state index >= 15 is 0 Å². The highest BCUT2D eigenvalue weighted by atomic mass is 35.5. The molecule has 2 aromatic carbocycles. The van der Waals surface area contributed by atoms with Crippen LogP contribution in [0.5, 0.6) is 0 Å². The van der Waals surface area contributed by atoms with Crippen LogP contribution in [0.4, 0.5) is 10.1 Å². The number of halogens is 3. The van der Waals surface area contributed by atoms with E-state index in [1.165, 1.54) is 6.07 Å². The first kappa shape index (κ1) is 17.7. The molecule has 2 aromatic rings. The molecular formula is C18H15Cl2FN2O2. The zero-order valence-corrected chi connectivity index (χ0v) is 14.6. The van der Waals surface area contributed by atoms with Crippen LogP contribution in [0.25, 0.3) is 0 Å². The molecule has 2 amide bonds. The van der Waals surface area contributed by atoms with Crippen molar-refractivity contribution in [1.29, 1.82) is 0 Å². The number of benzene rings is 2. The van der Waals surface area contributed by atoms with Crippen molar-refractivity contribution in [3.63, 3.8) is 0 Å². The molecule has 2 atom stereocenters. The van der Waals surface area contributed by atoms with Crippen molar-refractivity contribution >= 4 is 40.7 Å². The number of hydrogen-bond donors (Lipinski definition) is 2. The van der Waals surface area contributed by atoms with Crippen LogP contribution in [0.2, 0.25) is 10.0 Å². The number of rotatable bonds is 5. The smallest absolute Gasteiger partial charge is 0.228 e. The molecule has 0 heterocycles. The van der Waals surface area contributed by atoms with E-state index in [1.54, 1.807) is 36.4 Å². The lowest BCUT2D eigenvalue weighted by atomic mass is 10.2. The molecule has 1 aliphatic rings. The van der Waals surface area contributed by atoms with Gasteiger partial charge in [0.05, 0.1) is 22.5 Å². The molecule has 0 spiro atoms. The second kappa shape index (κ2) is 7.42. The molecule has 0 saturated heterocycles. The fourth-order valence-electron chi connectivity index (χ4n) is 2.55. The van der Waals surface area contributed by atoms with E-state index < -0.39 is 11.8 Å². The average Bonchev–Trinajstić information content (AvgIpc) is 3.38. The Labute approximate surface area is 154 Å². The summed E-state index contributed by atoms with van der Waals surface area (Å²) in [4.78, 5) is 24.3. The largest absolute Gasteiger partial charge is 0.352 e. The third-order valence-corrected chi connectivity index (χ3v) is 4.63. The van der Waals surface area contributed by atoms with Gasteiger partial charge >= 0.3 is 0 Å². The van der Waals surface area contributed by atoms with Gasteiger partial charge in [0.25, 0.3) is 0 Å². The molecule has 1 aliphatic carbocycles. The Morgan fingerprint density at radius 3 is 2.56 bits per heavy atom. The molecule has 3 rings (SSSR count). The van der Waals surface area contributed by atoms with E-state index in [9.17, 15) is 14.0 Å². The number of nitrogens with one attached hydrogen (secondary N) is 2. The van der Waals surface area contributed by atoms with E-state index in [-0.39, 0.29) is 24.2 Å². The molecule has 2 N–H and O–H groups in total. The van der Waals surface area contributed by atoms with Crippen LogP contribution in [0, 0.1) is 17.7 Å². The Morgan fingerprint density at radius 1 is 1.08 bits per heavy atom. The summed E-state index contributed by atoms with van der Waals surface area (Å²) in [6, 6.07) is 11.0. The quantitative estimate of drug-likeness (QED) is 0.822. The molecule has 7 heteroatoms. The first-order valence-electron chi connectivity index (χ1n) is 7.72. The van der Waals surface area contributed by atoms with Gasteiger partial charge < -0.3 is 10.6 Å². The van der Waals surface area contributed by atoms with Crippen molar-refractivity contribution in [2.24, 2.45) is 11.8 Å². The van der Waals surface area contributed by atoms with Gasteiger partial charge in [-0.15, -0.1) is 0 Å². The minimum atomic E-state index is -0.421. The maximum atomic E-state index is 13.5. The summed E-state index contributed by atoms with van der Waals surface area (Å²) in [5.41, 5.74) is 0.819. The predicted molar refractivity (Wildman–Crippen MR) is 94.9 cm³/mol. The third-order valence-electron chi connectivity index (χ3n) is 4.06. The Kier molecular flexibility index (Phi) is 5.25. The highest BCUT2D eigenvalue weighted by molar-refractivity contribution is 6.35. The van der Waals surface area contributed by atoms with Crippen molar-refractivity contribution < 1.29 is 14.0 Å². The number of amides is 2. The normalized spacial score (nSPS) is 18.5. The van der Waals surface area contributed by atoms with Crippen LogP contribution in [0.3, 0.4) is 0 Å². The zero-order valence-electron chi connectivity index (χ0n) is 13.1. The van der Waals surface area contributed by atoms with Gasteiger partial charge in [0.1, 0.15) is 5.82 Å². The lowest BCUT2D eigenvalue weighted by Crippen LogP contribution is -2.27.